The van der Waals surface area contributed by atoms with Crippen LogP contribution in [0.3, 0.4) is 0 Å². The van der Waals surface area contributed by atoms with E-state index < -0.39 is 0 Å². The van der Waals surface area contributed by atoms with Gasteiger partial charge in [0.2, 0.25) is 5.91 Å². The van der Waals surface area contributed by atoms with Gasteiger partial charge in [-0.1, -0.05) is 42.5 Å². The molecule has 1 fully saturated rings. The second-order valence-corrected chi connectivity index (χ2v) is 8.72. The van der Waals surface area contributed by atoms with Crippen LogP contribution in [0.4, 0.5) is 5.69 Å². The lowest BCUT2D eigenvalue weighted by Gasteiger charge is -2.30. The highest BCUT2D eigenvalue weighted by molar-refractivity contribution is 6.04. The number of hydrogen-bond donors (Lipinski definition) is 2. The first-order chi connectivity index (χ1) is 16.6. The molecule has 176 valence electrons. The fraction of sp³-hybridized carbons (Fsp3) is 0.286. The lowest BCUT2D eigenvalue weighted by molar-refractivity contribution is -0.123. The van der Waals surface area contributed by atoms with Crippen LogP contribution in [0.5, 0.6) is 5.75 Å². The molecule has 1 aliphatic rings. The molecule has 0 aliphatic carbocycles. The summed E-state index contributed by atoms with van der Waals surface area (Å²) in [5, 5.41) is 2.96. The molecule has 2 amide bonds. The maximum atomic E-state index is 12.6. The molecular weight excluding hydrogens is 426 g/mol. The summed E-state index contributed by atoms with van der Waals surface area (Å²) in [6, 6.07) is 25.1. The van der Waals surface area contributed by atoms with Crippen molar-refractivity contribution in [1.82, 2.24) is 4.90 Å². The monoisotopic (exact) mass is 457 g/mol. The van der Waals surface area contributed by atoms with Crippen molar-refractivity contribution in [1.29, 1.82) is 0 Å². The summed E-state index contributed by atoms with van der Waals surface area (Å²) in [6.45, 7) is 3.24. The smallest absolute Gasteiger partial charge is 0.255 e. The number of carbonyl (C=O) groups excluding carboxylic acids is 2. The van der Waals surface area contributed by atoms with E-state index in [-0.39, 0.29) is 17.7 Å². The fourth-order valence-corrected chi connectivity index (χ4v) is 4.12. The number of nitrogens with one attached hydrogen (secondary N) is 1. The minimum absolute atomic E-state index is 0.0259. The zero-order valence-electron chi connectivity index (χ0n) is 19.3. The fourth-order valence-electron chi connectivity index (χ4n) is 4.12. The number of nitrogens with two attached hydrogens (primary N) is 1. The van der Waals surface area contributed by atoms with E-state index in [4.69, 9.17) is 10.5 Å². The van der Waals surface area contributed by atoms with Gasteiger partial charge in [0.05, 0.1) is 0 Å². The van der Waals surface area contributed by atoms with Crippen LogP contribution >= 0.6 is 0 Å². The Morgan fingerprint density at radius 3 is 2.18 bits per heavy atom. The van der Waals surface area contributed by atoms with Crippen molar-refractivity contribution in [2.75, 3.05) is 25.0 Å². The van der Waals surface area contributed by atoms with E-state index in [0.717, 1.165) is 55.9 Å². The van der Waals surface area contributed by atoms with E-state index in [1.165, 1.54) is 5.56 Å². The molecule has 34 heavy (non-hydrogen) atoms. The quantitative estimate of drug-likeness (QED) is 0.503. The number of primary amides is 1. The molecule has 0 spiro atoms. The third kappa shape index (κ3) is 6.68. The van der Waals surface area contributed by atoms with Crippen LogP contribution in [-0.2, 0) is 17.8 Å². The zero-order valence-corrected chi connectivity index (χ0v) is 19.3. The maximum Gasteiger partial charge on any atom is 0.255 e. The van der Waals surface area contributed by atoms with Crippen LogP contribution in [0, 0.1) is 5.92 Å². The Kier molecular flexibility index (Phi) is 7.94. The minimum Gasteiger partial charge on any atom is -0.489 e. The van der Waals surface area contributed by atoms with Crippen molar-refractivity contribution in [2.24, 2.45) is 11.7 Å². The minimum atomic E-state index is -0.176. The van der Waals surface area contributed by atoms with Gasteiger partial charge in [0.25, 0.3) is 5.91 Å². The summed E-state index contributed by atoms with van der Waals surface area (Å²) in [7, 11) is 0. The van der Waals surface area contributed by atoms with Crippen LogP contribution in [0.25, 0.3) is 0 Å². The number of para-hydroxylation sites is 1. The lowest BCUT2D eigenvalue weighted by Crippen LogP contribution is -2.39. The molecule has 0 atom stereocenters. The van der Waals surface area contributed by atoms with Crippen LogP contribution in [-0.4, -0.2) is 36.3 Å². The normalized spacial score (nSPS) is 14.5. The number of hydrogen-bond acceptors (Lipinski definition) is 4. The van der Waals surface area contributed by atoms with Gasteiger partial charge in [-0.25, -0.2) is 0 Å². The van der Waals surface area contributed by atoms with Crippen molar-refractivity contribution in [3.8, 4) is 5.75 Å². The molecule has 0 radical (unpaired) electrons. The Hall–Kier alpha value is -3.64. The molecule has 6 heteroatoms. The van der Waals surface area contributed by atoms with Gasteiger partial charge in [-0.15, -0.1) is 0 Å². The molecule has 3 aromatic carbocycles. The molecule has 1 aliphatic heterocycles. The van der Waals surface area contributed by atoms with Crippen LogP contribution in [0.1, 0.15) is 34.3 Å². The lowest BCUT2D eigenvalue weighted by atomic mass is 9.96. The highest BCUT2D eigenvalue weighted by atomic mass is 16.5. The first kappa shape index (κ1) is 23.5. The summed E-state index contributed by atoms with van der Waals surface area (Å²) in [4.78, 5) is 26.3. The van der Waals surface area contributed by atoms with Gasteiger partial charge in [-0.3, -0.25) is 9.59 Å². The van der Waals surface area contributed by atoms with Gasteiger partial charge in [-0.05, 0) is 79.9 Å². The van der Waals surface area contributed by atoms with E-state index in [9.17, 15) is 9.59 Å². The van der Waals surface area contributed by atoms with E-state index in [2.05, 4.69) is 22.3 Å². The standard InChI is InChI=1S/C28H31N3O3/c29-27(32)23-15-18-31(19-16-23)17-14-21-8-12-25(13-9-21)30-28(33)24-10-6-22(7-11-24)20-34-26-4-2-1-3-5-26/h1-13,23H,14-20H2,(H2,29,32)(H,30,33). The van der Waals surface area contributed by atoms with Crippen LogP contribution < -0.4 is 15.8 Å². The topological polar surface area (TPSA) is 84.7 Å². The molecule has 0 unspecified atom stereocenters. The number of carbonyl (C=O) groups is 2. The first-order valence-electron chi connectivity index (χ1n) is 11.8. The summed E-state index contributed by atoms with van der Waals surface area (Å²) in [5.41, 5.74) is 9.01. The highest BCUT2D eigenvalue weighted by Crippen LogP contribution is 2.18. The van der Waals surface area contributed by atoms with E-state index >= 15 is 0 Å². The largest absolute Gasteiger partial charge is 0.489 e. The van der Waals surface area contributed by atoms with Crippen molar-refractivity contribution >= 4 is 17.5 Å². The van der Waals surface area contributed by atoms with Gasteiger partial charge >= 0.3 is 0 Å². The Morgan fingerprint density at radius 1 is 0.882 bits per heavy atom. The number of likely N-dealkylation sites (tertiary alicyclic amines) is 1. The van der Waals surface area contributed by atoms with Crippen LogP contribution in [0.2, 0.25) is 0 Å². The van der Waals surface area contributed by atoms with Crippen molar-refractivity contribution in [3.05, 3.63) is 95.6 Å². The number of ether oxygens (including phenoxy) is 1. The number of benzene rings is 3. The second-order valence-electron chi connectivity index (χ2n) is 8.72. The molecule has 3 N–H and O–H groups in total. The summed E-state index contributed by atoms with van der Waals surface area (Å²) >= 11 is 0. The average molecular weight is 458 g/mol. The molecule has 3 aromatic rings. The SMILES string of the molecule is NC(=O)C1CCN(CCc2ccc(NC(=O)c3ccc(COc4ccccc4)cc3)cc2)CC1. The Morgan fingerprint density at radius 2 is 1.53 bits per heavy atom. The van der Waals surface area contributed by atoms with E-state index in [0.29, 0.717) is 12.2 Å². The summed E-state index contributed by atoms with van der Waals surface area (Å²) < 4.78 is 5.75. The van der Waals surface area contributed by atoms with E-state index in [1.807, 2.05) is 66.7 Å². The van der Waals surface area contributed by atoms with Crippen LogP contribution in [0.15, 0.2) is 78.9 Å². The molecule has 6 nitrogen and oxygen atoms in total. The summed E-state index contributed by atoms with van der Waals surface area (Å²) in [5.74, 6) is 0.532. The predicted octanol–water partition coefficient (Wildman–Crippen LogP) is 4.26. The average Bonchev–Trinajstić information content (AvgIpc) is 2.88. The molecule has 1 saturated heterocycles. The van der Waals surface area contributed by atoms with Gasteiger partial charge in [0.1, 0.15) is 12.4 Å². The molecule has 0 aromatic heterocycles. The molecule has 0 saturated carbocycles. The van der Waals surface area contributed by atoms with Gasteiger partial charge < -0.3 is 20.7 Å². The van der Waals surface area contributed by atoms with Gasteiger partial charge in [0.15, 0.2) is 0 Å². The zero-order chi connectivity index (χ0) is 23.8. The number of rotatable bonds is 9. The van der Waals surface area contributed by atoms with Gasteiger partial charge in [-0.2, -0.15) is 0 Å². The third-order valence-corrected chi connectivity index (χ3v) is 6.28. The Bertz CT molecular complexity index is 1070. The molecular formula is C28H31N3O3. The van der Waals surface area contributed by atoms with Crippen molar-refractivity contribution < 1.29 is 14.3 Å². The van der Waals surface area contributed by atoms with Gasteiger partial charge in [0, 0.05) is 23.7 Å². The molecule has 1 heterocycles. The maximum absolute atomic E-state index is 12.6. The number of nitrogens with zero attached hydrogens (tertiary/aromatic N) is 1. The Balaban J connectivity index is 1.22. The summed E-state index contributed by atoms with van der Waals surface area (Å²) in [6.07, 6.45) is 2.63. The number of piperidine rings is 1. The molecule has 4 rings (SSSR count). The third-order valence-electron chi connectivity index (χ3n) is 6.28. The second kappa shape index (κ2) is 11.5. The highest BCUT2D eigenvalue weighted by Gasteiger charge is 2.22. The van der Waals surface area contributed by atoms with Crippen molar-refractivity contribution in [2.45, 2.75) is 25.9 Å². The molecule has 0 bridgehead atoms. The Labute approximate surface area is 200 Å². The predicted molar refractivity (Wildman–Crippen MR) is 134 cm³/mol. The number of anilines is 1. The first-order valence-corrected chi connectivity index (χ1v) is 11.8. The van der Waals surface area contributed by atoms with Crippen molar-refractivity contribution in [3.63, 3.8) is 0 Å². The van der Waals surface area contributed by atoms with E-state index in [1.54, 1.807) is 0 Å². The number of amides is 2.